The summed E-state index contributed by atoms with van der Waals surface area (Å²) in [5.41, 5.74) is 9.01. The second-order valence-corrected chi connectivity index (χ2v) is 8.79. The molecule has 0 bridgehead atoms. The molecule has 0 saturated heterocycles. The molecule has 0 spiro atoms. The molecule has 2 aromatic carbocycles. The first-order valence-corrected chi connectivity index (χ1v) is 12.0. The zero-order chi connectivity index (χ0) is 25.8. The Kier molecular flexibility index (Phi) is 6.76. The van der Waals surface area contributed by atoms with Gasteiger partial charge in [0.15, 0.2) is 5.76 Å². The summed E-state index contributed by atoms with van der Waals surface area (Å²) < 4.78 is 15.7. The molecule has 0 aliphatic carbocycles. The van der Waals surface area contributed by atoms with Gasteiger partial charge >= 0.3 is 5.91 Å². The zero-order valence-electron chi connectivity index (χ0n) is 21.0. The minimum Gasteiger partial charge on any atom is -0.486 e. The van der Waals surface area contributed by atoms with Crippen LogP contribution in [0.3, 0.4) is 0 Å². The Morgan fingerprint density at radius 3 is 2.43 bits per heavy atom. The molecule has 0 saturated carbocycles. The van der Waals surface area contributed by atoms with Crippen LogP contribution in [0.1, 0.15) is 39.0 Å². The van der Waals surface area contributed by atoms with Crippen molar-refractivity contribution in [1.82, 2.24) is 14.6 Å². The molecule has 186 valence electrons. The molecule has 0 aliphatic heterocycles. The van der Waals surface area contributed by atoms with Crippen molar-refractivity contribution in [3.8, 4) is 17.1 Å². The van der Waals surface area contributed by atoms with E-state index in [0.717, 1.165) is 28.4 Å². The largest absolute Gasteiger partial charge is 0.486 e. The summed E-state index contributed by atoms with van der Waals surface area (Å²) in [6.07, 6.45) is 3.57. The molecular formula is C30H28N4O3. The van der Waals surface area contributed by atoms with Crippen LogP contribution < -0.4 is 10.2 Å². The number of carbonyl (C=O) groups excluding carboxylic acids is 1. The molecule has 1 N–H and O–H groups in total. The van der Waals surface area contributed by atoms with Gasteiger partial charge in [-0.3, -0.25) is 4.79 Å². The summed E-state index contributed by atoms with van der Waals surface area (Å²) in [7, 11) is 0. The minimum absolute atomic E-state index is 0.166. The third kappa shape index (κ3) is 5.26. The number of rotatable bonds is 8. The number of benzene rings is 2. The van der Waals surface area contributed by atoms with Crippen molar-refractivity contribution < 1.29 is 13.9 Å². The Labute approximate surface area is 215 Å². The van der Waals surface area contributed by atoms with Crippen molar-refractivity contribution in [2.75, 3.05) is 0 Å². The standard InChI is InChI=1S/C30H28N4O3/c1-21-7-4-5-9-28(21)33-18-6-8-25(33)19-31-32-30(35)29-17-16-27(37-29)20-36-26-14-12-24(13-15-26)34-22(2)10-11-23(34)3/h4-19H,20H2,1-3H3,(H,32,35)/b31-19+. The Morgan fingerprint density at radius 1 is 0.919 bits per heavy atom. The van der Waals surface area contributed by atoms with E-state index in [-0.39, 0.29) is 12.4 Å². The highest BCUT2D eigenvalue weighted by molar-refractivity contribution is 5.92. The number of nitrogens with one attached hydrogen (secondary N) is 1. The first-order valence-electron chi connectivity index (χ1n) is 12.0. The average molecular weight is 493 g/mol. The van der Waals surface area contributed by atoms with Crippen molar-refractivity contribution in [3.05, 3.63) is 125 Å². The summed E-state index contributed by atoms with van der Waals surface area (Å²) in [6.45, 7) is 6.42. The SMILES string of the molecule is Cc1ccccc1-n1cccc1/C=N/NC(=O)c1ccc(COc2ccc(-n3c(C)ccc3C)cc2)o1. The number of carbonyl (C=O) groups is 1. The quantitative estimate of drug-likeness (QED) is 0.209. The lowest BCUT2D eigenvalue weighted by atomic mass is 10.2. The van der Waals surface area contributed by atoms with Gasteiger partial charge in [0.05, 0.1) is 11.9 Å². The molecule has 1 amide bonds. The molecular weight excluding hydrogens is 464 g/mol. The number of hydrogen-bond acceptors (Lipinski definition) is 4. The van der Waals surface area contributed by atoms with Crippen LogP contribution >= 0.6 is 0 Å². The van der Waals surface area contributed by atoms with E-state index in [4.69, 9.17) is 9.15 Å². The lowest BCUT2D eigenvalue weighted by molar-refractivity contribution is 0.0923. The molecule has 5 rings (SSSR count). The number of ether oxygens (including phenoxy) is 1. The smallest absolute Gasteiger partial charge is 0.307 e. The molecule has 0 radical (unpaired) electrons. The number of hydrazone groups is 1. The predicted octanol–water partition coefficient (Wildman–Crippen LogP) is 6.13. The van der Waals surface area contributed by atoms with Crippen LogP contribution in [-0.4, -0.2) is 21.3 Å². The number of hydrogen-bond donors (Lipinski definition) is 1. The summed E-state index contributed by atoms with van der Waals surface area (Å²) in [5.74, 6) is 0.996. The van der Waals surface area contributed by atoms with Gasteiger partial charge in [0.25, 0.3) is 0 Å². The number of furan rings is 1. The molecule has 0 aliphatic rings. The third-order valence-electron chi connectivity index (χ3n) is 6.15. The fraction of sp³-hybridized carbons (Fsp3) is 0.133. The second kappa shape index (κ2) is 10.5. The number of aryl methyl sites for hydroxylation is 3. The van der Waals surface area contributed by atoms with Crippen molar-refractivity contribution in [3.63, 3.8) is 0 Å². The Hall–Kier alpha value is -4.78. The molecule has 7 nitrogen and oxygen atoms in total. The maximum atomic E-state index is 12.5. The number of amides is 1. The van der Waals surface area contributed by atoms with Crippen LogP contribution in [0.2, 0.25) is 0 Å². The van der Waals surface area contributed by atoms with Crippen LogP contribution in [0.5, 0.6) is 5.75 Å². The van der Waals surface area contributed by atoms with Gasteiger partial charge in [0.1, 0.15) is 18.1 Å². The molecule has 3 heterocycles. The number of para-hydroxylation sites is 1. The highest BCUT2D eigenvalue weighted by Gasteiger charge is 2.12. The van der Waals surface area contributed by atoms with E-state index in [1.54, 1.807) is 18.3 Å². The Morgan fingerprint density at radius 2 is 1.68 bits per heavy atom. The van der Waals surface area contributed by atoms with E-state index in [9.17, 15) is 4.79 Å². The van der Waals surface area contributed by atoms with Crippen LogP contribution in [0.25, 0.3) is 11.4 Å². The maximum absolute atomic E-state index is 12.5. The lowest BCUT2D eigenvalue weighted by Crippen LogP contribution is -2.17. The monoisotopic (exact) mass is 492 g/mol. The van der Waals surface area contributed by atoms with E-state index < -0.39 is 5.91 Å². The molecule has 0 fully saturated rings. The summed E-state index contributed by atoms with van der Waals surface area (Å²) in [5, 5.41) is 4.11. The van der Waals surface area contributed by atoms with Crippen LogP contribution in [0.4, 0.5) is 0 Å². The highest BCUT2D eigenvalue weighted by Crippen LogP contribution is 2.21. The Balaban J connectivity index is 1.17. The van der Waals surface area contributed by atoms with Gasteiger partial charge < -0.3 is 18.3 Å². The van der Waals surface area contributed by atoms with Crippen molar-refractivity contribution in [2.24, 2.45) is 5.10 Å². The third-order valence-corrected chi connectivity index (χ3v) is 6.15. The minimum atomic E-state index is -0.432. The summed E-state index contributed by atoms with van der Waals surface area (Å²) >= 11 is 0. The van der Waals surface area contributed by atoms with Crippen LogP contribution in [0.15, 0.2) is 101 Å². The first kappa shape index (κ1) is 23.9. The molecule has 0 unspecified atom stereocenters. The fourth-order valence-corrected chi connectivity index (χ4v) is 4.26. The van der Waals surface area contributed by atoms with E-state index in [0.29, 0.717) is 5.76 Å². The molecule has 37 heavy (non-hydrogen) atoms. The molecule has 0 atom stereocenters. The van der Waals surface area contributed by atoms with Gasteiger partial charge in [-0.1, -0.05) is 18.2 Å². The average Bonchev–Trinajstić information content (AvgIpc) is 3.64. The van der Waals surface area contributed by atoms with Gasteiger partial charge in [0, 0.05) is 29.0 Å². The summed E-state index contributed by atoms with van der Waals surface area (Å²) in [6, 6.07) is 27.4. The topological polar surface area (TPSA) is 73.7 Å². The normalized spacial score (nSPS) is 11.2. The van der Waals surface area contributed by atoms with Crippen LogP contribution in [0, 0.1) is 20.8 Å². The van der Waals surface area contributed by atoms with Gasteiger partial charge in [-0.2, -0.15) is 5.10 Å². The van der Waals surface area contributed by atoms with Gasteiger partial charge in [0.2, 0.25) is 0 Å². The Bertz CT molecular complexity index is 1530. The van der Waals surface area contributed by atoms with Crippen molar-refractivity contribution in [2.45, 2.75) is 27.4 Å². The lowest BCUT2D eigenvalue weighted by Gasteiger charge is -2.10. The molecule has 5 aromatic rings. The number of aromatic nitrogens is 2. The van der Waals surface area contributed by atoms with Gasteiger partial charge in [-0.05, 0) is 93.1 Å². The van der Waals surface area contributed by atoms with E-state index in [1.165, 1.54) is 11.4 Å². The van der Waals surface area contributed by atoms with Gasteiger partial charge in [-0.15, -0.1) is 0 Å². The zero-order valence-corrected chi connectivity index (χ0v) is 21.0. The van der Waals surface area contributed by atoms with E-state index in [1.807, 2.05) is 65.4 Å². The molecule has 3 aromatic heterocycles. The highest BCUT2D eigenvalue weighted by atomic mass is 16.5. The maximum Gasteiger partial charge on any atom is 0.307 e. The number of nitrogens with zero attached hydrogens (tertiary/aromatic N) is 3. The summed E-state index contributed by atoms with van der Waals surface area (Å²) in [4.78, 5) is 12.5. The van der Waals surface area contributed by atoms with Crippen molar-refractivity contribution in [1.29, 1.82) is 0 Å². The fourth-order valence-electron chi connectivity index (χ4n) is 4.26. The second-order valence-electron chi connectivity index (χ2n) is 8.79. The molecule has 7 heteroatoms. The predicted molar refractivity (Wildman–Crippen MR) is 144 cm³/mol. The van der Waals surface area contributed by atoms with Crippen LogP contribution in [-0.2, 0) is 6.61 Å². The first-order chi connectivity index (χ1) is 18.0. The van der Waals surface area contributed by atoms with E-state index in [2.05, 4.69) is 54.1 Å². The van der Waals surface area contributed by atoms with E-state index >= 15 is 0 Å². The van der Waals surface area contributed by atoms with Crippen molar-refractivity contribution >= 4 is 12.1 Å². The van der Waals surface area contributed by atoms with Gasteiger partial charge in [-0.25, -0.2) is 5.43 Å².